The number of rotatable bonds is 3. The topological polar surface area (TPSA) is 46.5 Å². The Morgan fingerprint density at radius 3 is 2.28 bits per heavy atom. The number of carbonyl (C=O) groups excluding carboxylic acids is 1. The first kappa shape index (κ1) is 14.9. The molecule has 0 heterocycles. The number of alkyl halides is 1. The fraction of sp³-hybridized carbons (Fsp3) is 0.462. The molecule has 0 fully saturated rings. The lowest BCUT2D eigenvalue weighted by Gasteiger charge is -2.23. The van der Waals surface area contributed by atoms with Crippen LogP contribution in [0.1, 0.15) is 32.4 Å². The summed E-state index contributed by atoms with van der Waals surface area (Å²) in [6, 6.07) is 5.13. The summed E-state index contributed by atoms with van der Waals surface area (Å²) in [5, 5.41) is 8.66. The van der Waals surface area contributed by atoms with Crippen molar-refractivity contribution in [1.29, 1.82) is 0 Å². The highest BCUT2D eigenvalue weighted by molar-refractivity contribution is 6.30. The van der Waals surface area contributed by atoms with Crippen molar-refractivity contribution in [2.75, 3.05) is 0 Å². The molecule has 0 radical (unpaired) electrons. The smallest absolute Gasteiger partial charge is 0.327 e. The SMILES string of the molecule is CC(C)(C)OC(=O)C(Cl)C(O)c1ccc(F)cc1. The Bertz CT molecular complexity index is 411. The van der Waals surface area contributed by atoms with Crippen LogP contribution in [0.25, 0.3) is 0 Å². The van der Waals surface area contributed by atoms with Gasteiger partial charge in [0.15, 0.2) is 5.38 Å². The van der Waals surface area contributed by atoms with Gasteiger partial charge in [-0.2, -0.15) is 0 Å². The minimum atomic E-state index is -1.23. The van der Waals surface area contributed by atoms with E-state index in [1.54, 1.807) is 20.8 Å². The molecule has 0 aliphatic heterocycles. The summed E-state index contributed by atoms with van der Waals surface area (Å²) in [4.78, 5) is 11.7. The van der Waals surface area contributed by atoms with Crippen LogP contribution in [0.15, 0.2) is 24.3 Å². The van der Waals surface area contributed by atoms with Gasteiger partial charge in [-0.05, 0) is 38.5 Å². The molecule has 1 aromatic rings. The quantitative estimate of drug-likeness (QED) is 0.681. The van der Waals surface area contributed by atoms with Gasteiger partial charge >= 0.3 is 5.97 Å². The highest BCUT2D eigenvalue weighted by Crippen LogP contribution is 2.24. The van der Waals surface area contributed by atoms with E-state index in [0.717, 1.165) is 0 Å². The second-order valence-corrected chi connectivity index (χ2v) is 5.40. The minimum Gasteiger partial charge on any atom is -0.459 e. The highest BCUT2D eigenvalue weighted by Gasteiger charge is 2.30. The van der Waals surface area contributed by atoms with Crippen molar-refractivity contribution in [2.45, 2.75) is 37.9 Å². The van der Waals surface area contributed by atoms with Gasteiger partial charge < -0.3 is 9.84 Å². The Balaban J connectivity index is 2.74. The highest BCUT2D eigenvalue weighted by atomic mass is 35.5. The van der Waals surface area contributed by atoms with Gasteiger partial charge in [0.2, 0.25) is 0 Å². The van der Waals surface area contributed by atoms with Crippen molar-refractivity contribution >= 4 is 17.6 Å². The average Bonchev–Trinajstić information content (AvgIpc) is 2.26. The molecule has 18 heavy (non-hydrogen) atoms. The van der Waals surface area contributed by atoms with Crippen molar-refractivity contribution in [3.05, 3.63) is 35.6 Å². The van der Waals surface area contributed by atoms with E-state index in [1.807, 2.05) is 0 Å². The predicted molar refractivity (Wildman–Crippen MR) is 66.8 cm³/mol. The molecular weight excluding hydrogens is 259 g/mol. The van der Waals surface area contributed by atoms with Crippen molar-refractivity contribution in [3.8, 4) is 0 Å². The summed E-state index contributed by atoms with van der Waals surface area (Å²) in [6.07, 6.45) is -1.23. The van der Waals surface area contributed by atoms with Gasteiger partial charge in [-0.25, -0.2) is 4.39 Å². The molecule has 5 heteroatoms. The zero-order valence-electron chi connectivity index (χ0n) is 10.5. The molecular formula is C13H16ClFO3. The lowest BCUT2D eigenvalue weighted by atomic mass is 10.1. The van der Waals surface area contributed by atoms with E-state index in [4.69, 9.17) is 16.3 Å². The van der Waals surface area contributed by atoms with Gasteiger partial charge in [0.05, 0.1) is 0 Å². The molecule has 0 bridgehead atoms. The summed E-state index contributed by atoms with van der Waals surface area (Å²) >= 11 is 5.84. The average molecular weight is 275 g/mol. The number of hydrogen-bond acceptors (Lipinski definition) is 3. The molecule has 0 amide bonds. The van der Waals surface area contributed by atoms with E-state index in [1.165, 1.54) is 24.3 Å². The summed E-state index contributed by atoms with van der Waals surface area (Å²) in [5.41, 5.74) is -0.311. The second-order valence-electron chi connectivity index (χ2n) is 4.93. The van der Waals surface area contributed by atoms with E-state index in [0.29, 0.717) is 5.56 Å². The van der Waals surface area contributed by atoms with E-state index in [2.05, 4.69) is 0 Å². The predicted octanol–water partition coefficient (Wildman–Crippen LogP) is 2.81. The van der Waals surface area contributed by atoms with Gasteiger partial charge in [0, 0.05) is 0 Å². The van der Waals surface area contributed by atoms with Crippen LogP contribution in [-0.4, -0.2) is 22.1 Å². The van der Waals surface area contributed by atoms with Crippen molar-refractivity contribution in [2.24, 2.45) is 0 Å². The third-order valence-electron chi connectivity index (χ3n) is 2.12. The zero-order valence-corrected chi connectivity index (χ0v) is 11.2. The lowest BCUT2D eigenvalue weighted by molar-refractivity contribution is -0.156. The molecule has 1 rings (SSSR count). The molecule has 0 aromatic heterocycles. The fourth-order valence-electron chi connectivity index (χ4n) is 1.32. The molecule has 0 aliphatic rings. The Kier molecular flexibility index (Phi) is 4.71. The molecule has 2 unspecified atom stereocenters. The first-order valence-electron chi connectivity index (χ1n) is 5.51. The van der Waals surface area contributed by atoms with Crippen LogP contribution in [0.3, 0.4) is 0 Å². The Hall–Kier alpha value is -1.13. The summed E-state index contributed by atoms with van der Waals surface area (Å²) in [6.45, 7) is 5.12. The molecule has 2 atom stereocenters. The normalized spacial score (nSPS) is 15.0. The van der Waals surface area contributed by atoms with Crippen LogP contribution in [0, 0.1) is 5.82 Å². The number of aliphatic hydroxyl groups excluding tert-OH is 1. The molecule has 0 saturated heterocycles. The Morgan fingerprint density at radius 1 is 1.33 bits per heavy atom. The maximum Gasteiger partial charge on any atom is 0.327 e. The summed E-state index contributed by atoms with van der Waals surface area (Å²) < 4.78 is 17.8. The number of benzene rings is 1. The van der Waals surface area contributed by atoms with E-state index < -0.39 is 28.9 Å². The van der Waals surface area contributed by atoms with Gasteiger partial charge in [-0.3, -0.25) is 4.79 Å². The molecule has 1 aromatic carbocycles. The number of ether oxygens (including phenoxy) is 1. The van der Waals surface area contributed by atoms with Crippen LogP contribution >= 0.6 is 11.6 Å². The van der Waals surface area contributed by atoms with Gasteiger partial charge in [0.25, 0.3) is 0 Å². The molecule has 0 spiro atoms. The third-order valence-corrected chi connectivity index (χ3v) is 2.54. The minimum absolute atomic E-state index is 0.363. The third kappa shape index (κ3) is 4.27. The van der Waals surface area contributed by atoms with E-state index in [9.17, 15) is 14.3 Å². The summed E-state index contributed by atoms with van der Waals surface area (Å²) in [7, 11) is 0. The largest absolute Gasteiger partial charge is 0.459 e. The van der Waals surface area contributed by atoms with Gasteiger partial charge in [0.1, 0.15) is 17.5 Å². The molecule has 0 saturated carbocycles. The van der Waals surface area contributed by atoms with Crippen LogP contribution in [0.2, 0.25) is 0 Å². The van der Waals surface area contributed by atoms with Gasteiger partial charge in [-0.15, -0.1) is 11.6 Å². The van der Waals surface area contributed by atoms with Gasteiger partial charge in [-0.1, -0.05) is 12.1 Å². The number of hydrogen-bond donors (Lipinski definition) is 1. The first-order chi connectivity index (χ1) is 8.20. The van der Waals surface area contributed by atoms with Crippen LogP contribution in [0.5, 0.6) is 0 Å². The van der Waals surface area contributed by atoms with Crippen LogP contribution in [-0.2, 0) is 9.53 Å². The molecule has 3 nitrogen and oxygen atoms in total. The van der Waals surface area contributed by atoms with Crippen LogP contribution < -0.4 is 0 Å². The van der Waals surface area contributed by atoms with E-state index >= 15 is 0 Å². The van der Waals surface area contributed by atoms with Crippen molar-refractivity contribution in [1.82, 2.24) is 0 Å². The number of aliphatic hydroxyl groups is 1. The number of esters is 1. The monoisotopic (exact) mass is 274 g/mol. The maximum atomic E-state index is 12.7. The standard InChI is InChI=1S/C13H16ClFO3/c1-13(2,3)18-12(17)10(14)11(16)8-4-6-9(15)7-5-8/h4-7,10-11,16H,1-3H3. The molecule has 1 N–H and O–H groups in total. The Morgan fingerprint density at radius 2 is 1.83 bits per heavy atom. The van der Waals surface area contributed by atoms with E-state index in [-0.39, 0.29) is 0 Å². The number of carbonyl (C=O) groups is 1. The number of halogens is 2. The molecule has 0 aliphatic carbocycles. The van der Waals surface area contributed by atoms with Crippen molar-refractivity contribution < 1.29 is 19.0 Å². The summed E-state index contributed by atoms with van der Waals surface area (Å²) in [5.74, 6) is -1.13. The molecule has 100 valence electrons. The lowest BCUT2D eigenvalue weighted by Crippen LogP contribution is -2.32. The first-order valence-corrected chi connectivity index (χ1v) is 5.95. The van der Waals surface area contributed by atoms with Crippen LogP contribution in [0.4, 0.5) is 4.39 Å². The second kappa shape index (κ2) is 5.67. The fourth-order valence-corrected chi connectivity index (χ4v) is 1.51. The Labute approximate surface area is 111 Å². The van der Waals surface area contributed by atoms with Crippen molar-refractivity contribution in [3.63, 3.8) is 0 Å². The maximum absolute atomic E-state index is 12.7. The zero-order chi connectivity index (χ0) is 13.9.